The summed E-state index contributed by atoms with van der Waals surface area (Å²) in [7, 11) is 2.65. The number of allylic oxidation sites excluding steroid dienone is 1. The van der Waals surface area contributed by atoms with Crippen molar-refractivity contribution in [2.75, 3.05) is 7.11 Å². The number of ether oxygens (including phenoxy) is 1. The molecule has 0 radical (unpaired) electrons. The molecular formula is C6H12BNO2. The Bertz CT molecular complexity index is 133. The molecule has 0 bridgehead atoms. The normalized spacial score (nSPS) is 21.8. The molecule has 0 atom stereocenters. The highest BCUT2D eigenvalue weighted by Crippen LogP contribution is 2.20. The van der Waals surface area contributed by atoms with Crippen LogP contribution in [0.15, 0.2) is 11.4 Å². The third-order valence-electron chi connectivity index (χ3n) is 1.79. The Balaban J connectivity index is 2.59. The fraction of sp³-hybridized carbons (Fsp3) is 0.667. The molecule has 0 aromatic carbocycles. The smallest absolute Gasteiger partial charge is 0.288 e. The molecule has 4 heteroatoms. The van der Waals surface area contributed by atoms with E-state index >= 15 is 0 Å². The van der Waals surface area contributed by atoms with Crippen LogP contribution < -0.4 is 5.90 Å². The highest BCUT2D eigenvalue weighted by atomic mass is 16.7. The molecule has 1 rings (SSSR count). The van der Waals surface area contributed by atoms with Crippen LogP contribution in [0.2, 0.25) is 6.32 Å². The highest BCUT2D eigenvalue weighted by Gasteiger charge is 2.15. The zero-order valence-electron chi connectivity index (χ0n) is 6.22. The molecule has 2 N–H and O–H groups in total. The van der Waals surface area contributed by atoms with Crippen LogP contribution >= 0.6 is 0 Å². The largest absolute Gasteiger partial charge is 0.468 e. The van der Waals surface area contributed by atoms with E-state index in [0.717, 1.165) is 13.7 Å². The number of hydrogen-bond acceptors (Lipinski definition) is 3. The molecule has 0 unspecified atom stereocenters. The van der Waals surface area contributed by atoms with Crippen LogP contribution in [-0.2, 0) is 9.57 Å². The molecule has 0 spiro atoms. The molecule has 0 aliphatic carbocycles. The summed E-state index contributed by atoms with van der Waals surface area (Å²) in [6.45, 7) is 0. The van der Waals surface area contributed by atoms with Crippen LogP contribution in [0, 0.1) is 0 Å². The zero-order chi connectivity index (χ0) is 7.40. The van der Waals surface area contributed by atoms with Crippen molar-refractivity contribution in [1.29, 1.82) is 0 Å². The van der Waals surface area contributed by atoms with Crippen LogP contribution in [0.5, 0.6) is 0 Å². The lowest BCUT2D eigenvalue weighted by Gasteiger charge is -2.05. The molecule has 1 aliphatic heterocycles. The lowest BCUT2D eigenvalue weighted by Crippen LogP contribution is -2.05. The first-order chi connectivity index (χ1) is 4.88. The van der Waals surface area contributed by atoms with Gasteiger partial charge < -0.3 is 9.57 Å². The van der Waals surface area contributed by atoms with Gasteiger partial charge in [-0.15, -0.1) is 0 Å². The van der Waals surface area contributed by atoms with Crippen molar-refractivity contribution in [3.05, 3.63) is 11.4 Å². The van der Waals surface area contributed by atoms with E-state index in [1.54, 1.807) is 7.11 Å². The van der Waals surface area contributed by atoms with Gasteiger partial charge in [0.05, 0.1) is 7.11 Å². The van der Waals surface area contributed by atoms with Crippen LogP contribution in [-0.4, -0.2) is 14.4 Å². The van der Waals surface area contributed by atoms with Gasteiger partial charge in [-0.25, -0.2) is 0 Å². The first kappa shape index (κ1) is 7.47. The van der Waals surface area contributed by atoms with Gasteiger partial charge >= 0.3 is 0 Å². The quantitative estimate of drug-likeness (QED) is 0.342. The second-order valence-electron chi connectivity index (χ2n) is 2.42. The Labute approximate surface area is 61.4 Å². The van der Waals surface area contributed by atoms with Gasteiger partial charge in [-0.1, -0.05) is 12.7 Å². The molecule has 0 amide bonds. The Morgan fingerprint density at radius 2 is 2.50 bits per heavy atom. The highest BCUT2D eigenvalue weighted by molar-refractivity contribution is 6.46. The van der Waals surface area contributed by atoms with Crippen LogP contribution in [0.3, 0.4) is 0 Å². The molecule has 1 fully saturated rings. The second kappa shape index (κ2) is 3.51. The molecule has 0 aromatic rings. The average Bonchev–Trinajstić information content (AvgIpc) is 2.43. The maximum absolute atomic E-state index is 4.98. The van der Waals surface area contributed by atoms with Crippen molar-refractivity contribution in [2.24, 2.45) is 5.90 Å². The summed E-state index contributed by atoms with van der Waals surface area (Å²) < 4.78 is 4.92. The Kier molecular flexibility index (Phi) is 2.62. The minimum Gasteiger partial charge on any atom is -0.468 e. The minimum absolute atomic E-state index is 0.512. The topological polar surface area (TPSA) is 44.5 Å². The van der Waals surface area contributed by atoms with Gasteiger partial charge in [0.1, 0.15) is 0 Å². The molecule has 56 valence electrons. The van der Waals surface area contributed by atoms with Crippen LogP contribution in [0.4, 0.5) is 0 Å². The summed E-state index contributed by atoms with van der Waals surface area (Å²) in [6.07, 6.45) is 3.53. The maximum Gasteiger partial charge on any atom is 0.288 e. The molecule has 1 saturated heterocycles. The summed E-state index contributed by atoms with van der Waals surface area (Å²) in [5.74, 6) is 5.49. The van der Waals surface area contributed by atoms with E-state index in [9.17, 15) is 0 Å². The third-order valence-corrected chi connectivity index (χ3v) is 1.79. The Hall–Kier alpha value is -0.635. The van der Waals surface area contributed by atoms with Crippen molar-refractivity contribution in [3.63, 3.8) is 0 Å². The van der Waals surface area contributed by atoms with Crippen molar-refractivity contribution < 1.29 is 9.57 Å². The third kappa shape index (κ3) is 1.45. The van der Waals surface area contributed by atoms with E-state index in [0.29, 0.717) is 5.95 Å². The average molecular weight is 141 g/mol. The number of nitrogens with two attached hydrogens (primary N) is 1. The van der Waals surface area contributed by atoms with Crippen molar-refractivity contribution in [3.8, 4) is 0 Å². The van der Waals surface area contributed by atoms with Crippen molar-refractivity contribution in [1.82, 2.24) is 0 Å². The molecular weight excluding hydrogens is 129 g/mol. The first-order valence-corrected chi connectivity index (χ1v) is 3.51. The molecule has 10 heavy (non-hydrogen) atoms. The van der Waals surface area contributed by atoms with Gasteiger partial charge in [0, 0.05) is 0 Å². The lowest BCUT2D eigenvalue weighted by molar-refractivity contribution is 0.0596. The van der Waals surface area contributed by atoms with Gasteiger partial charge in [-0.05, 0) is 11.9 Å². The van der Waals surface area contributed by atoms with Gasteiger partial charge in [0.2, 0.25) is 0 Å². The van der Waals surface area contributed by atoms with E-state index in [2.05, 4.69) is 4.84 Å². The molecule has 0 aromatic heterocycles. The molecule has 3 nitrogen and oxygen atoms in total. The molecule has 1 aliphatic rings. The lowest BCUT2D eigenvalue weighted by atomic mass is 9.73. The minimum atomic E-state index is 0.512. The predicted octanol–water partition coefficient (Wildman–Crippen LogP) is 0.341. The molecule has 1 heterocycles. The zero-order valence-corrected chi connectivity index (χ0v) is 6.22. The Morgan fingerprint density at radius 1 is 1.70 bits per heavy atom. The van der Waals surface area contributed by atoms with Crippen LogP contribution in [0.1, 0.15) is 12.8 Å². The number of hydrogen-bond donors (Lipinski definition) is 1. The summed E-state index contributed by atoms with van der Waals surface area (Å²) >= 11 is 0. The monoisotopic (exact) mass is 141 g/mol. The van der Waals surface area contributed by atoms with E-state index in [4.69, 9.17) is 10.6 Å². The van der Waals surface area contributed by atoms with Crippen LogP contribution in [0.25, 0.3) is 0 Å². The van der Waals surface area contributed by atoms with Crippen molar-refractivity contribution in [2.45, 2.75) is 19.2 Å². The molecule has 0 saturated carbocycles. The van der Waals surface area contributed by atoms with E-state index in [1.165, 1.54) is 18.2 Å². The summed E-state index contributed by atoms with van der Waals surface area (Å²) in [5, 5.41) is 0. The van der Waals surface area contributed by atoms with Gasteiger partial charge in [0.15, 0.2) is 7.28 Å². The fourth-order valence-corrected chi connectivity index (χ4v) is 1.28. The SMILES string of the molecule is CO/C(ON)=C1/BCCC1. The van der Waals surface area contributed by atoms with E-state index in [-0.39, 0.29) is 0 Å². The van der Waals surface area contributed by atoms with Gasteiger partial charge in [-0.2, -0.15) is 5.90 Å². The maximum atomic E-state index is 4.98. The predicted molar refractivity (Wildman–Crippen MR) is 40.5 cm³/mol. The van der Waals surface area contributed by atoms with Gasteiger partial charge in [-0.3, -0.25) is 0 Å². The van der Waals surface area contributed by atoms with Gasteiger partial charge in [0.25, 0.3) is 5.95 Å². The fourth-order valence-electron chi connectivity index (χ4n) is 1.28. The number of rotatable bonds is 2. The summed E-state index contributed by atoms with van der Waals surface area (Å²) in [4.78, 5) is 4.54. The number of methoxy groups -OCH3 is 1. The summed E-state index contributed by atoms with van der Waals surface area (Å²) in [5.41, 5.74) is 1.21. The first-order valence-electron chi connectivity index (χ1n) is 3.51. The van der Waals surface area contributed by atoms with E-state index in [1.807, 2.05) is 0 Å². The second-order valence-corrected chi connectivity index (χ2v) is 2.42. The summed E-state index contributed by atoms with van der Waals surface area (Å²) in [6, 6.07) is 0. The van der Waals surface area contributed by atoms with E-state index < -0.39 is 0 Å². The van der Waals surface area contributed by atoms with Crippen molar-refractivity contribution >= 4 is 7.28 Å². The Morgan fingerprint density at radius 3 is 2.90 bits per heavy atom. The standard InChI is InChI=1S/C6H12BNO2/c1-9-6(10-8)5-3-2-4-7-5/h7H,2-4,8H2,1H3/b6-5-.